The summed E-state index contributed by atoms with van der Waals surface area (Å²) in [6.07, 6.45) is 0.695. The van der Waals surface area contributed by atoms with Gasteiger partial charge in [0.15, 0.2) is 5.78 Å². The van der Waals surface area contributed by atoms with Gasteiger partial charge in [-0.2, -0.15) is 0 Å². The normalized spacial score (nSPS) is 21.2. The molecular formula is C11H12O. The lowest BCUT2D eigenvalue weighted by Crippen LogP contribution is -1.91. The van der Waals surface area contributed by atoms with E-state index in [0.717, 1.165) is 5.56 Å². The van der Waals surface area contributed by atoms with Gasteiger partial charge in [-0.1, -0.05) is 25.1 Å². The molecule has 1 atom stereocenters. The van der Waals surface area contributed by atoms with Crippen LogP contribution in [-0.2, 0) is 0 Å². The van der Waals surface area contributed by atoms with Crippen molar-refractivity contribution >= 4 is 5.78 Å². The smallest absolute Gasteiger partial charge is 0.163 e. The van der Waals surface area contributed by atoms with Crippen LogP contribution in [0.4, 0.5) is 0 Å². The molecular weight excluding hydrogens is 148 g/mol. The van der Waals surface area contributed by atoms with Gasteiger partial charge in [0, 0.05) is 12.0 Å². The third-order valence-electron chi connectivity index (χ3n) is 2.61. The molecule has 0 heterocycles. The van der Waals surface area contributed by atoms with E-state index in [-0.39, 0.29) is 0 Å². The summed E-state index contributed by atoms with van der Waals surface area (Å²) in [5.74, 6) is 0.731. The van der Waals surface area contributed by atoms with E-state index >= 15 is 0 Å². The highest BCUT2D eigenvalue weighted by molar-refractivity contribution is 6.01. The van der Waals surface area contributed by atoms with Crippen molar-refractivity contribution in [2.75, 3.05) is 0 Å². The van der Waals surface area contributed by atoms with E-state index in [0.29, 0.717) is 18.1 Å². The first kappa shape index (κ1) is 7.53. The minimum absolute atomic E-state index is 0.307. The van der Waals surface area contributed by atoms with Gasteiger partial charge in [-0.15, -0.1) is 0 Å². The number of hydrogen-bond acceptors (Lipinski definition) is 1. The molecule has 0 spiro atoms. The van der Waals surface area contributed by atoms with E-state index in [1.165, 1.54) is 11.1 Å². The Hall–Kier alpha value is -1.11. The molecule has 1 heteroatoms. The number of Topliss-reactive ketones (excluding diaryl/α,β-unsaturated/α-hetero) is 1. The highest BCUT2D eigenvalue weighted by Crippen LogP contribution is 2.34. The fourth-order valence-electron chi connectivity index (χ4n) is 2.07. The first-order valence-corrected chi connectivity index (χ1v) is 4.33. The van der Waals surface area contributed by atoms with Crippen molar-refractivity contribution in [2.24, 2.45) is 0 Å². The molecule has 1 aromatic carbocycles. The number of carbonyl (C=O) groups excluding carboxylic acids is 1. The second-order valence-corrected chi connectivity index (χ2v) is 3.56. The third kappa shape index (κ3) is 0.893. The molecule has 0 aliphatic heterocycles. The molecule has 0 aromatic heterocycles. The lowest BCUT2D eigenvalue weighted by atomic mass is 9.98. The zero-order valence-corrected chi connectivity index (χ0v) is 7.42. The molecule has 1 aliphatic carbocycles. The summed E-state index contributed by atoms with van der Waals surface area (Å²) in [5.41, 5.74) is 3.47. The fraction of sp³-hybridized carbons (Fsp3) is 0.364. The number of rotatable bonds is 0. The number of fused-ring (bicyclic) bond motifs is 1. The Morgan fingerprint density at radius 2 is 2.17 bits per heavy atom. The summed E-state index contributed by atoms with van der Waals surface area (Å²) in [6, 6.07) is 5.98. The van der Waals surface area contributed by atoms with Gasteiger partial charge < -0.3 is 0 Å². The molecule has 0 amide bonds. The van der Waals surface area contributed by atoms with Gasteiger partial charge in [-0.25, -0.2) is 0 Å². The Balaban J connectivity index is 2.67. The van der Waals surface area contributed by atoms with Crippen LogP contribution in [0, 0.1) is 6.92 Å². The molecule has 0 radical (unpaired) electrons. The van der Waals surface area contributed by atoms with Crippen LogP contribution in [0.2, 0.25) is 0 Å². The molecule has 1 nitrogen and oxygen atoms in total. The SMILES string of the molecule is Cc1cccc2c1[C@H](C)CC2=O. The number of hydrogen-bond donors (Lipinski definition) is 0. The fourth-order valence-corrected chi connectivity index (χ4v) is 2.07. The largest absolute Gasteiger partial charge is 0.294 e. The van der Waals surface area contributed by atoms with Crippen molar-refractivity contribution in [3.63, 3.8) is 0 Å². The molecule has 12 heavy (non-hydrogen) atoms. The lowest BCUT2D eigenvalue weighted by Gasteiger charge is -2.05. The van der Waals surface area contributed by atoms with Crippen molar-refractivity contribution in [1.29, 1.82) is 0 Å². The van der Waals surface area contributed by atoms with Gasteiger partial charge in [0.25, 0.3) is 0 Å². The quantitative estimate of drug-likeness (QED) is 0.570. The van der Waals surface area contributed by atoms with Crippen molar-refractivity contribution in [3.05, 3.63) is 34.9 Å². The van der Waals surface area contributed by atoms with Gasteiger partial charge in [-0.3, -0.25) is 4.79 Å². The minimum Gasteiger partial charge on any atom is -0.294 e. The molecule has 2 rings (SSSR count). The van der Waals surface area contributed by atoms with Gasteiger partial charge in [0.1, 0.15) is 0 Å². The molecule has 1 aromatic rings. The molecule has 0 bridgehead atoms. The van der Waals surface area contributed by atoms with Crippen LogP contribution in [0.15, 0.2) is 18.2 Å². The standard InChI is InChI=1S/C11H12O/c1-7-4-3-5-9-10(12)6-8(2)11(7)9/h3-5,8H,6H2,1-2H3/t8-/m1/s1. The van der Waals surface area contributed by atoms with Crippen molar-refractivity contribution < 1.29 is 4.79 Å². The van der Waals surface area contributed by atoms with Gasteiger partial charge in [0.2, 0.25) is 0 Å². The maximum Gasteiger partial charge on any atom is 0.163 e. The first-order chi connectivity index (χ1) is 5.70. The maximum absolute atomic E-state index is 11.4. The van der Waals surface area contributed by atoms with E-state index in [1.807, 2.05) is 12.1 Å². The summed E-state index contributed by atoms with van der Waals surface area (Å²) < 4.78 is 0. The second-order valence-electron chi connectivity index (χ2n) is 3.56. The molecule has 1 aliphatic rings. The number of carbonyl (C=O) groups is 1. The van der Waals surface area contributed by atoms with Crippen LogP contribution in [-0.4, -0.2) is 5.78 Å². The number of ketones is 1. The van der Waals surface area contributed by atoms with Crippen molar-refractivity contribution in [3.8, 4) is 0 Å². The monoisotopic (exact) mass is 160 g/mol. The van der Waals surface area contributed by atoms with Crippen LogP contribution < -0.4 is 0 Å². The summed E-state index contributed by atoms with van der Waals surface area (Å²) in [4.78, 5) is 11.4. The van der Waals surface area contributed by atoms with Crippen LogP contribution >= 0.6 is 0 Å². The zero-order chi connectivity index (χ0) is 8.72. The second kappa shape index (κ2) is 2.44. The van der Waals surface area contributed by atoms with E-state index in [2.05, 4.69) is 19.9 Å². The van der Waals surface area contributed by atoms with E-state index in [4.69, 9.17) is 0 Å². The van der Waals surface area contributed by atoms with Crippen LogP contribution in [0.5, 0.6) is 0 Å². The van der Waals surface area contributed by atoms with E-state index < -0.39 is 0 Å². The third-order valence-corrected chi connectivity index (χ3v) is 2.61. The summed E-state index contributed by atoms with van der Waals surface area (Å²) >= 11 is 0. The van der Waals surface area contributed by atoms with Gasteiger partial charge >= 0.3 is 0 Å². The van der Waals surface area contributed by atoms with E-state index in [1.54, 1.807) is 0 Å². The van der Waals surface area contributed by atoms with Crippen molar-refractivity contribution in [2.45, 2.75) is 26.2 Å². The predicted molar refractivity (Wildman–Crippen MR) is 48.5 cm³/mol. The Kier molecular flexibility index (Phi) is 1.53. The zero-order valence-electron chi connectivity index (χ0n) is 7.42. The minimum atomic E-state index is 0.307. The van der Waals surface area contributed by atoms with Crippen LogP contribution in [0.3, 0.4) is 0 Å². The van der Waals surface area contributed by atoms with Crippen LogP contribution in [0.25, 0.3) is 0 Å². The average Bonchev–Trinajstić information content (AvgIpc) is 2.29. The summed E-state index contributed by atoms with van der Waals surface area (Å²) in [7, 11) is 0. The Labute approximate surface area is 72.4 Å². The van der Waals surface area contributed by atoms with Gasteiger partial charge in [0.05, 0.1) is 0 Å². The highest BCUT2D eigenvalue weighted by Gasteiger charge is 2.26. The van der Waals surface area contributed by atoms with Gasteiger partial charge in [-0.05, 0) is 24.0 Å². The lowest BCUT2D eigenvalue weighted by molar-refractivity contribution is 0.0990. The molecule has 0 saturated heterocycles. The molecule has 0 N–H and O–H groups in total. The average molecular weight is 160 g/mol. The number of aryl methyl sites for hydroxylation is 1. The summed E-state index contributed by atoms with van der Waals surface area (Å²) in [6.45, 7) is 4.20. The predicted octanol–water partition coefficient (Wildman–Crippen LogP) is 2.68. The maximum atomic E-state index is 11.4. The van der Waals surface area contributed by atoms with Crippen molar-refractivity contribution in [1.82, 2.24) is 0 Å². The number of benzene rings is 1. The molecule has 62 valence electrons. The summed E-state index contributed by atoms with van der Waals surface area (Å²) in [5, 5.41) is 0. The Morgan fingerprint density at radius 3 is 2.83 bits per heavy atom. The Bertz CT molecular complexity index is 339. The first-order valence-electron chi connectivity index (χ1n) is 4.33. The molecule has 0 saturated carbocycles. The highest BCUT2D eigenvalue weighted by atomic mass is 16.1. The van der Waals surface area contributed by atoms with E-state index in [9.17, 15) is 4.79 Å². The molecule has 0 fully saturated rings. The Morgan fingerprint density at radius 1 is 1.42 bits per heavy atom. The topological polar surface area (TPSA) is 17.1 Å². The molecule has 0 unspecified atom stereocenters. The van der Waals surface area contributed by atoms with Crippen LogP contribution in [0.1, 0.15) is 40.7 Å².